The summed E-state index contributed by atoms with van der Waals surface area (Å²) in [5.74, 6) is -0.0295. The molecular formula is C19H30N4O3. The van der Waals surface area contributed by atoms with E-state index in [9.17, 15) is 19.6 Å². The van der Waals surface area contributed by atoms with Gasteiger partial charge in [0, 0.05) is 19.5 Å². The number of hydrogen-bond acceptors (Lipinski definition) is 4. The highest BCUT2D eigenvalue weighted by Crippen LogP contribution is 2.34. The molecule has 0 aromatic rings. The third-order valence-corrected chi connectivity index (χ3v) is 5.13. The van der Waals surface area contributed by atoms with E-state index in [4.69, 9.17) is 0 Å². The minimum Gasteiger partial charge on any atom is -0.344 e. The van der Waals surface area contributed by atoms with Gasteiger partial charge in [-0.3, -0.25) is 14.4 Å². The van der Waals surface area contributed by atoms with Gasteiger partial charge in [0.15, 0.2) is 0 Å². The number of nitrogens with zero attached hydrogens (tertiary/aromatic N) is 3. The topological polar surface area (TPSA) is 93.5 Å². The van der Waals surface area contributed by atoms with Gasteiger partial charge in [-0.1, -0.05) is 33.6 Å². The van der Waals surface area contributed by atoms with Crippen LogP contribution in [0.25, 0.3) is 0 Å². The molecular weight excluding hydrogens is 332 g/mol. The molecule has 3 amide bonds. The van der Waals surface area contributed by atoms with E-state index < -0.39 is 12.1 Å². The van der Waals surface area contributed by atoms with Gasteiger partial charge < -0.3 is 15.1 Å². The smallest absolute Gasteiger partial charge is 0.245 e. The summed E-state index contributed by atoms with van der Waals surface area (Å²) in [5, 5.41) is 12.1. The van der Waals surface area contributed by atoms with Crippen molar-refractivity contribution in [2.45, 2.75) is 58.5 Å². The fourth-order valence-electron chi connectivity index (χ4n) is 3.33. The van der Waals surface area contributed by atoms with E-state index in [-0.39, 0.29) is 36.1 Å². The summed E-state index contributed by atoms with van der Waals surface area (Å²) in [5.41, 5.74) is 0. The Kier molecular flexibility index (Phi) is 6.63. The molecule has 3 atom stereocenters. The van der Waals surface area contributed by atoms with Gasteiger partial charge in [-0.05, 0) is 24.7 Å². The van der Waals surface area contributed by atoms with E-state index in [1.165, 1.54) is 4.90 Å². The standard InChI is InChI=1S/C19H30N4O3/c1-12(2)18(25)21-16(8-14-5-6-14)19(26)22(4)11-17(24)23-10-13(3)7-15(23)9-20/h12-16H,5-8,10-11H2,1-4H3,(H,21,25). The predicted molar refractivity (Wildman–Crippen MR) is 96.6 cm³/mol. The number of likely N-dealkylation sites (N-methyl/N-ethyl adjacent to an activating group) is 1. The molecule has 2 fully saturated rings. The van der Waals surface area contributed by atoms with Gasteiger partial charge in [0.1, 0.15) is 12.1 Å². The SMILES string of the molecule is CC1CC(C#N)N(C(=O)CN(C)C(=O)C(CC2CC2)NC(=O)C(C)C)C1. The Morgan fingerprint density at radius 3 is 2.50 bits per heavy atom. The van der Waals surface area contributed by atoms with Gasteiger partial charge in [-0.2, -0.15) is 5.26 Å². The van der Waals surface area contributed by atoms with E-state index in [1.807, 2.05) is 6.92 Å². The lowest BCUT2D eigenvalue weighted by molar-refractivity contribution is -0.142. The highest BCUT2D eigenvalue weighted by Gasteiger charge is 2.36. The van der Waals surface area contributed by atoms with E-state index in [1.54, 1.807) is 25.8 Å². The lowest BCUT2D eigenvalue weighted by Crippen LogP contribution is -2.51. The van der Waals surface area contributed by atoms with Crippen LogP contribution >= 0.6 is 0 Å². The number of likely N-dealkylation sites (tertiary alicyclic amines) is 1. The quantitative estimate of drug-likeness (QED) is 0.735. The molecule has 7 heteroatoms. The molecule has 1 aliphatic heterocycles. The number of amides is 3. The minimum absolute atomic E-state index is 0.0670. The fraction of sp³-hybridized carbons (Fsp3) is 0.789. The second-order valence-corrected chi connectivity index (χ2v) is 8.12. The van der Waals surface area contributed by atoms with Crippen LogP contribution in [0.5, 0.6) is 0 Å². The van der Waals surface area contributed by atoms with Crippen LogP contribution < -0.4 is 5.32 Å². The number of nitriles is 1. The Hall–Kier alpha value is -2.10. The number of rotatable bonds is 7. The Labute approximate surface area is 155 Å². The minimum atomic E-state index is -0.584. The molecule has 1 aliphatic carbocycles. The highest BCUT2D eigenvalue weighted by molar-refractivity contribution is 5.91. The number of carbonyl (C=O) groups is 3. The maximum Gasteiger partial charge on any atom is 0.245 e. The lowest BCUT2D eigenvalue weighted by atomic mass is 10.1. The van der Waals surface area contributed by atoms with Gasteiger partial charge in [-0.25, -0.2) is 0 Å². The lowest BCUT2D eigenvalue weighted by Gasteiger charge is -2.27. The van der Waals surface area contributed by atoms with Crippen LogP contribution in [0.3, 0.4) is 0 Å². The summed E-state index contributed by atoms with van der Waals surface area (Å²) >= 11 is 0. The van der Waals surface area contributed by atoms with Crippen molar-refractivity contribution in [3.63, 3.8) is 0 Å². The van der Waals surface area contributed by atoms with Crippen LogP contribution in [0.4, 0.5) is 0 Å². The molecule has 2 rings (SSSR count). The zero-order valence-corrected chi connectivity index (χ0v) is 16.2. The van der Waals surface area contributed by atoms with Crippen molar-refractivity contribution in [2.24, 2.45) is 17.8 Å². The first-order valence-electron chi connectivity index (χ1n) is 9.47. The summed E-state index contributed by atoms with van der Waals surface area (Å²) in [6, 6.07) is 1.17. The van der Waals surface area contributed by atoms with Gasteiger partial charge in [0.2, 0.25) is 17.7 Å². The fourth-order valence-corrected chi connectivity index (χ4v) is 3.33. The summed E-state index contributed by atoms with van der Waals surface area (Å²) in [6.07, 6.45) is 3.46. The Bertz CT molecular complexity index is 594. The van der Waals surface area contributed by atoms with E-state index in [2.05, 4.69) is 11.4 Å². The molecule has 0 spiro atoms. The second kappa shape index (κ2) is 8.52. The Balaban J connectivity index is 1.97. The summed E-state index contributed by atoms with van der Waals surface area (Å²) in [6.45, 7) is 6.08. The number of carbonyl (C=O) groups excluding carboxylic acids is 3. The maximum atomic E-state index is 12.8. The monoisotopic (exact) mass is 362 g/mol. The normalized spacial score (nSPS) is 23.5. The molecule has 3 unspecified atom stereocenters. The van der Waals surface area contributed by atoms with Crippen LogP contribution in [-0.2, 0) is 14.4 Å². The predicted octanol–water partition coefficient (Wildman–Crippen LogP) is 1.15. The van der Waals surface area contributed by atoms with Crippen LogP contribution in [-0.4, -0.2) is 59.7 Å². The first-order valence-corrected chi connectivity index (χ1v) is 9.47. The van der Waals surface area contributed by atoms with Gasteiger partial charge in [0.05, 0.1) is 12.6 Å². The zero-order chi connectivity index (χ0) is 19.4. The van der Waals surface area contributed by atoms with Crippen molar-refractivity contribution in [3.8, 4) is 6.07 Å². The average molecular weight is 362 g/mol. The van der Waals surface area contributed by atoms with Gasteiger partial charge >= 0.3 is 0 Å². The number of hydrogen-bond donors (Lipinski definition) is 1. The largest absolute Gasteiger partial charge is 0.344 e. The molecule has 7 nitrogen and oxygen atoms in total. The first kappa shape index (κ1) is 20.2. The zero-order valence-electron chi connectivity index (χ0n) is 16.2. The summed E-state index contributed by atoms with van der Waals surface area (Å²) < 4.78 is 0. The summed E-state index contributed by atoms with van der Waals surface area (Å²) in [7, 11) is 1.59. The number of nitrogens with one attached hydrogen (secondary N) is 1. The van der Waals surface area contributed by atoms with E-state index in [0.29, 0.717) is 25.3 Å². The van der Waals surface area contributed by atoms with Crippen LogP contribution in [0.1, 0.15) is 46.5 Å². The molecule has 2 aliphatic rings. The molecule has 0 aromatic carbocycles. The van der Waals surface area contributed by atoms with Crippen molar-refractivity contribution in [1.29, 1.82) is 5.26 Å². The molecule has 26 heavy (non-hydrogen) atoms. The third kappa shape index (κ3) is 5.20. The van der Waals surface area contributed by atoms with Crippen molar-refractivity contribution in [1.82, 2.24) is 15.1 Å². The molecule has 1 saturated heterocycles. The molecule has 0 bridgehead atoms. The van der Waals surface area contributed by atoms with Gasteiger partial charge in [-0.15, -0.1) is 0 Å². The molecule has 0 radical (unpaired) electrons. The Morgan fingerprint density at radius 2 is 1.96 bits per heavy atom. The second-order valence-electron chi connectivity index (χ2n) is 8.12. The average Bonchev–Trinajstić information content (AvgIpc) is 3.32. The van der Waals surface area contributed by atoms with Crippen molar-refractivity contribution in [3.05, 3.63) is 0 Å². The Morgan fingerprint density at radius 1 is 1.31 bits per heavy atom. The van der Waals surface area contributed by atoms with Crippen molar-refractivity contribution in [2.75, 3.05) is 20.1 Å². The third-order valence-electron chi connectivity index (χ3n) is 5.13. The van der Waals surface area contributed by atoms with Crippen molar-refractivity contribution >= 4 is 17.7 Å². The molecule has 1 heterocycles. The van der Waals surface area contributed by atoms with Crippen LogP contribution in [0, 0.1) is 29.1 Å². The van der Waals surface area contributed by atoms with Crippen molar-refractivity contribution < 1.29 is 14.4 Å². The summed E-state index contributed by atoms with van der Waals surface area (Å²) in [4.78, 5) is 40.3. The highest BCUT2D eigenvalue weighted by atomic mass is 16.2. The molecule has 144 valence electrons. The van der Waals surface area contributed by atoms with E-state index in [0.717, 1.165) is 12.8 Å². The molecule has 0 aromatic heterocycles. The first-order chi connectivity index (χ1) is 12.2. The van der Waals surface area contributed by atoms with E-state index >= 15 is 0 Å². The van der Waals surface area contributed by atoms with Crippen LogP contribution in [0.2, 0.25) is 0 Å². The van der Waals surface area contributed by atoms with Gasteiger partial charge in [0.25, 0.3) is 0 Å². The van der Waals surface area contributed by atoms with Crippen LogP contribution in [0.15, 0.2) is 0 Å². The molecule has 1 N–H and O–H groups in total. The maximum absolute atomic E-state index is 12.8. The molecule has 1 saturated carbocycles.